The molecule has 0 spiro atoms. The Balaban J connectivity index is 2.26. The van der Waals surface area contributed by atoms with Crippen LogP contribution >= 0.6 is 0 Å². The van der Waals surface area contributed by atoms with E-state index in [1.54, 1.807) is 0 Å². The van der Waals surface area contributed by atoms with Crippen LogP contribution in [0.1, 0.15) is 66.2 Å². The molecule has 1 saturated heterocycles. The minimum absolute atomic E-state index is 0.0135. The van der Waals surface area contributed by atoms with Gasteiger partial charge in [-0.3, -0.25) is 24.0 Å². The highest BCUT2D eigenvalue weighted by Gasteiger charge is 2.33. The smallest absolute Gasteiger partial charge is 0.333 e. The van der Waals surface area contributed by atoms with Gasteiger partial charge in [0.1, 0.15) is 0 Å². The molecule has 2 amide bonds. The Morgan fingerprint density at radius 1 is 0.735 bits per heavy atom. The Hall–Kier alpha value is -3.02. The second-order valence-corrected chi connectivity index (χ2v) is 9.58. The zero-order valence-electron chi connectivity index (χ0n) is 20.0. The number of rotatable bonds is 15. The normalized spacial score (nSPS) is 14.2. The Morgan fingerprint density at radius 3 is 1.59 bits per heavy atom. The Kier molecular flexibility index (Phi) is 11.1. The predicted octanol–water partition coefficient (Wildman–Crippen LogP) is 1.39. The van der Waals surface area contributed by atoms with Crippen molar-refractivity contribution in [1.29, 1.82) is 0 Å². The number of esters is 2. The van der Waals surface area contributed by atoms with Crippen molar-refractivity contribution in [3.8, 4) is 0 Å². The van der Waals surface area contributed by atoms with Crippen LogP contribution in [0.2, 0.25) is 0 Å². The molecule has 0 aliphatic carbocycles. The van der Waals surface area contributed by atoms with Gasteiger partial charge in [-0.15, -0.1) is 5.06 Å². The van der Waals surface area contributed by atoms with Gasteiger partial charge in [-0.2, -0.15) is 0 Å². The minimum atomic E-state index is -1.07. The number of carboxylic acid groups (broad SMARTS) is 1. The molecule has 0 radical (unpaired) electrons. The fourth-order valence-electron chi connectivity index (χ4n) is 2.60. The Labute approximate surface area is 197 Å². The van der Waals surface area contributed by atoms with Gasteiger partial charge in [0, 0.05) is 23.7 Å². The van der Waals surface area contributed by atoms with Crippen molar-refractivity contribution in [2.75, 3.05) is 26.4 Å². The third-order valence-corrected chi connectivity index (χ3v) is 4.51. The van der Waals surface area contributed by atoms with Gasteiger partial charge in [-0.25, -0.2) is 4.79 Å². The summed E-state index contributed by atoms with van der Waals surface area (Å²) in [6, 6.07) is 0. The largest absolute Gasteiger partial charge is 0.481 e. The zero-order chi connectivity index (χ0) is 25.9. The maximum absolute atomic E-state index is 11.9. The first-order valence-electron chi connectivity index (χ1n) is 10.9. The summed E-state index contributed by atoms with van der Waals surface area (Å²) in [5.74, 6) is -4.38. The quantitative estimate of drug-likeness (QED) is 0.262. The van der Waals surface area contributed by atoms with Crippen LogP contribution in [0.3, 0.4) is 0 Å². The van der Waals surface area contributed by atoms with Crippen molar-refractivity contribution in [1.82, 2.24) is 5.06 Å². The molecule has 0 aromatic heterocycles. The number of imide groups is 1. The summed E-state index contributed by atoms with van der Waals surface area (Å²) in [5, 5.41) is 9.00. The van der Waals surface area contributed by atoms with Crippen molar-refractivity contribution < 1.29 is 52.9 Å². The topological polar surface area (TPSA) is 163 Å². The first-order valence-corrected chi connectivity index (χ1v) is 10.9. The number of amides is 2. The lowest BCUT2D eigenvalue weighted by Gasteiger charge is -2.28. The van der Waals surface area contributed by atoms with Crippen LogP contribution in [-0.4, -0.2) is 72.3 Å². The standard InChI is InChI=1S/C22H33NO11/c1-21(2,13-32-18(28)8-7-17(26)27)11-31-12-22(3,4)14-33-19(29)9-10-20(30)34-23-15(24)5-6-16(23)25/h5-14H2,1-4H3,(H,26,27). The van der Waals surface area contributed by atoms with Crippen molar-refractivity contribution >= 4 is 35.7 Å². The molecule has 34 heavy (non-hydrogen) atoms. The van der Waals surface area contributed by atoms with Gasteiger partial charge in [-0.05, 0) is 0 Å². The maximum Gasteiger partial charge on any atom is 0.333 e. The molecule has 1 aliphatic heterocycles. The van der Waals surface area contributed by atoms with E-state index in [-0.39, 0.29) is 65.0 Å². The lowest BCUT2D eigenvalue weighted by atomic mass is 9.94. The van der Waals surface area contributed by atoms with E-state index in [2.05, 4.69) is 4.84 Å². The average molecular weight is 488 g/mol. The van der Waals surface area contributed by atoms with Gasteiger partial charge in [0.05, 0.1) is 52.1 Å². The summed E-state index contributed by atoms with van der Waals surface area (Å²) in [4.78, 5) is 73.2. The van der Waals surface area contributed by atoms with Crippen LogP contribution in [0.5, 0.6) is 0 Å². The fraction of sp³-hybridized carbons (Fsp3) is 0.727. The SMILES string of the molecule is CC(C)(COCC(C)(C)COC(=O)CCC(=O)ON1C(=O)CCC1=O)COC(=O)CCC(=O)O. The van der Waals surface area contributed by atoms with Crippen LogP contribution in [0, 0.1) is 10.8 Å². The predicted molar refractivity (Wildman–Crippen MR) is 114 cm³/mol. The highest BCUT2D eigenvalue weighted by molar-refractivity contribution is 6.01. The van der Waals surface area contributed by atoms with E-state index in [1.807, 2.05) is 27.7 Å². The number of aliphatic carboxylic acids is 1. The first kappa shape index (κ1) is 29.0. The molecule has 1 rings (SSSR count). The highest BCUT2D eigenvalue weighted by Crippen LogP contribution is 2.21. The van der Waals surface area contributed by atoms with Crippen molar-refractivity contribution in [2.24, 2.45) is 10.8 Å². The second kappa shape index (κ2) is 13.0. The summed E-state index contributed by atoms with van der Waals surface area (Å²) >= 11 is 0. The van der Waals surface area contributed by atoms with Crippen molar-refractivity contribution in [3.05, 3.63) is 0 Å². The Bertz CT molecular complexity index is 772. The molecule has 0 aromatic carbocycles. The number of hydrogen-bond donors (Lipinski definition) is 1. The second-order valence-electron chi connectivity index (χ2n) is 9.58. The summed E-state index contributed by atoms with van der Waals surface area (Å²) in [6.07, 6.45) is -1.13. The molecule has 0 aromatic rings. The van der Waals surface area contributed by atoms with E-state index in [4.69, 9.17) is 19.3 Å². The Morgan fingerprint density at radius 2 is 1.15 bits per heavy atom. The molecule has 1 fully saturated rings. The van der Waals surface area contributed by atoms with Crippen LogP contribution in [0.4, 0.5) is 0 Å². The molecule has 1 N–H and O–H groups in total. The third-order valence-electron chi connectivity index (χ3n) is 4.51. The van der Waals surface area contributed by atoms with Gasteiger partial charge < -0.3 is 24.2 Å². The molecule has 1 aliphatic rings. The van der Waals surface area contributed by atoms with Crippen LogP contribution in [0.15, 0.2) is 0 Å². The van der Waals surface area contributed by atoms with Gasteiger partial charge in [0.2, 0.25) is 0 Å². The molecule has 12 heteroatoms. The minimum Gasteiger partial charge on any atom is -0.481 e. The number of nitrogens with zero attached hydrogens (tertiary/aromatic N) is 1. The van der Waals surface area contributed by atoms with E-state index in [9.17, 15) is 28.8 Å². The number of carbonyl (C=O) groups is 6. The summed E-state index contributed by atoms with van der Waals surface area (Å²) in [5.41, 5.74) is -1.05. The van der Waals surface area contributed by atoms with Crippen molar-refractivity contribution in [3.63, 3.8) is 0 Å². The van der Waals surface area contributed by atoms with Crippen LogP contribution in [-0.2, 0) is 47.8 Å². The van der Waals surface area contributed by atoms with Gasteiger partial charge in [0.15, 0.2) is 0 Å². The number of hydroxylamine groups is 2. The number of carboxylic acids is 1. The molecule has 192 valence electrons. The molecule has 0 saturated carbocycles. The number of ether oxygens (including phenoxy) is 3. The van der Waals surface area contributed by atoms with E-state index in [0.29, 0.717) is 5.06 Å². The summed E-state index contributed by atoms with van der Waals surface area (Å²) < 4.78 is 16.0. The van der Waals surface area contributed by atoms with Gasteiger partial charge in [-0.1, -0.05) is 27.7 Å². The van der Waals surface area contributed by atoms with E-state index in [0.717, 1.165) is 0 Å². The molecule has 0 unspecified atom stereocenters. The van der Waals surface area contributed by atoms with Crippen LogP contribution in [0.25, 0.3) is 0 Å². The summed E-state index contributed by atoms with van der Waals surface area (Å²) in [6.45, 7) is 7.85. The monoisotopic (exact) mass is 487 g/mol. The molecule has 1 heterocycles. The summed E-state index contributed by atoms with van der Waals surface area (Å²) in [7, 11) is 0. The number of carbonyl (C=O) groups excluding carboxylic acids is 5. The van der Waals surface area contributed by atoms with E-state index in [1.165, 1.54) is 0 Å². The average Bonchev–Trinajstić information content (AvgIpc) is 3.05. The molecule has 0 bridgehead atoms. The van der Waals surface area contributed by atoms with Gasteiger partial charge in [0.25, 0.3) is 11.8 Å². The van der Waals surface area contributed by atoms with Crippen molar-refractivity contribution in [2.45, 2.75) is 66.2 Å². The lowest BCUT2D eigenvalue weighted by Crippen LogP contribution is -2.33. The lowest BCUT2D eigenvalue weighted by molar-refractivity contribution is -0.197. The fourth-order valence-corrected chi connectivity index (χ4v) is 2.60. The zero-order valence-corrected chi connectivity index (χ0v) is 20.0. The number of hydrogen-bond acceptors (Lipinski definition) is 10. The van der Waals surface area contributed by atoms with Gasteiger partial charge >= 0.3 is 23.9 Å². The maximum atomic E-state index is 11.9. The molecule has 0 atom stereocenters. The molecular formula is C22H33NO11. The van der Waals surface area contributed by atoms with E-state index < -0.39 is 46.5 Å². The third kappa shape index (κ3) is 11.7. The molecular weight excluding hydrogens is 454 g/mol. The van der Waals surface area contributed by atoms with E-state index >= 15 is 0 Å². The molecule has 12 nitrogen and oxygen atoms in total. The highest BCUT2D eigenvalue weighted by atomic mass is 16.7. The first-order chi connectivity index (χ1) is 15.7. The van der Waals surface area contributed by atoms with Crippen LogP contribution < -0.4 is 0 Å².